The Hall–Kier alpha value is -1.14. The Balaban J connectivity index is 2.99. The summed E-state index contributed by atoms with van der Waals surface area (Å²) in [6, 6.07) is -0.370. The Morgan fingerprint density at radius 1 is 1.18 bits per heavy atom. The maximum Gasteiger partial charge on any atom is 0.247 e. The highest BCUT2D eigenvalue weighted by Gasteiger charge is 2.39. The first kappa shape index (κ1) is 24.9. The first-order valence-electron chi connectivity index (χ1n) is 11.0. The van der Waals surface area contributed by atoms with Crippen molar-refractivity contribution in [3.63, 3.8) is 0 Å². The second-order valence-electron chi connectivity index (χ2n) is 9.08. The van der Waals surface area contributed by atoms with E-state index in [-0.39, 0.29) is 29.5 Å². The van der Waals surface area contributed by atoms with Gasteiger partial charge in [-0.3, -0.25) is 14.5 Å². The first-order valence-corrected chi connectivity index (χ1v) is 11.0. The largest absolute Gasteiger partial charge is 0.359 e. The molecule has 0 aliphatic carbocycles. The van der Waals surface area contributed by atoms with Crippen LogP contribution in [-0.2, 0) is 14.3 Å². The number of ether oxygens (including phenoxy) is 1. The number of carbonyl (C=O) groups is 2. The monoisotopic (exact) mass is 397 g/mol. The van der Waals surface area contributed by atoms with Crippen molar-refractivity contribution >= 4 is 11.8 Å². The Kier molecular flexibility index (Phi) is 9.91. The van der Waals surface area contributed by atoms with E-state index in [9.17, 15) is 9.59 Å². The van der Waals surface area contributed by atoms with Gasteiger partial charge in [0.15, 0.2) is 0 Å². The second kappa shape index (κ2) is 11.1. The zero-order chi connectivity index (χ0) is 21.5. The summed E-state index contributed by atoms with van der Waals surface area (Å²) in [7, 11) is 1.77. The first-order chi connectivity index (χ1) is 13.1. The molecule has 6 heteroatoms. The van der Waals surface area contributed by atoms with Crippen LogP contribution in [0.5, 0.6) is 0 Å². The van der Waals surface area contributed by atoms with E-state index in [2.05, 4.69) is 24.1 Å². The third-order valence-corrected chi connectivity index (χ3v) is 5.89. The summed E-state index contributed by atoms with van der Waals surface area (Å²) in [5, 5.41) is 3.11. The molecule has 4 unspecified atom stereocenters. The van der Waals surface area contributed by atoms with Crippen LogP contribution in [0.15, 0.2) is 0 Å². The van der Waals surface area contributed by atoms with Gasteiger partial charge in [0.25, 0.3) is 0 Å². The van der Waals surface area contributed by atoms with Crippen molar-refractivity contribution in [2.45, 2.75) is 105 Å². The molecule has 0 saturated carbocycles. The fourth-order valence-electron chi connectivity index (χ4n) is 3.93. The molecule has 0 bridgehead atoms. The molecule has 2 amide bonds. The normalized spacial score (nSPS) is 21.6. The minimum Gasteiger partial charge on any atom is -0.359 e. The van der Waals surface area contributed by atoms with Gasteiger partial charge >= 0.3 is 0 Å². The van der Waals surface area contributed by atoms with Gasteiger partial charge in [0.2, 0.25) is 11.8 Å². The minimum atomic E-state index is -0.583. The van der Waals surface area contributed by atoms with Crippen LogP contribution in [0.25, 0.3) is 0 Å². The smallest absolute Gasteiger partial charge is 0.247 e. The quantitative estimate of drug-likeness (QED) is 0.606. The Morgan fingerprint density at radius 2 is 1.82 bits per heavy atom. The summed E-state index contributed by atoms with van der Waals surface area (Å²) in [6.45, 7) is 15.8. The molecule has 0 radical (unpaired) electrons. The fraction of sp³-hybridized carbons (Fsp3) is 0.909. The predicted octanol–water partition coefficient (Wildman–Crippen LogP) is 3.40. The van der Waals surface area contributed by atoms with Gasteiger partial charge in [0, 0.05) is 19.7 Å². The van der Waals surface area contributed by atoms with E-state index in [1.54, 1.807) is 11.9 Å². The molecule has 0 spiro atoms. The van der Waals surface area contributed by atoms with E-state index in [4.69, 9.17) is 4.74 Å². The molecule has 4 atom stereocenters. The van der Waals surface area contributed by atoms with E-state index in [1.165, 1.54) is 0 Å². The summed E-state index contributed by atoms with van der Waals surface area (Å²) < 4.78 is 5.71. The molecule has 0 aromatic heterocycles. The van der Waals surface area contributed by atoms with Crippen molar-refractivity contribution in [1.29, 1.82) is 0 Å². The molecule has 0 aromatic carbocycles. The van der Waals surface area contributed by atoms with Gasteiger partial charge in [-0.25, -0.2) is 0 Å². The number of amides is 2. The number of hydrogen-bond acceptors (Lipinski definition) is 4. The average Bonchev–Trinajstić information content (AvgIpc) is 2.67. The van der Waals surface area contributed by atoms with E-state index in [0.717, 1.165) is 32.2 Å². The van der Waals surface area contributed by atoms with Gasteiger partial charge in [0.05, 0.1) is 6.04 Å². The van der Waals surface area contributed by atoms with Crippen molar-refractivity contribution in [2.24, 2.45) is 5.41 Å². The number of carbonyl (C=O) groups excluding carboxylic acids is 2. The molecule has 1 fully saturated rings. The lowest BCUT2D eigenvalue weighted by Gasteiger charge is -2.41. The van der Waals surface area contributed by atoms with Gasteiger partial charge in [-0.2, -0.15) is 0 Å². The maximum absolute atomic E-state index is 13.3. The average molecular weight is 398 g/mol. The molecule has 1 heterocycles. The predicted molar refractivity (Wildman–Crippen MR) is 114 cm³/mol. The van der Waals surface area contributed by atoms with Crippen LogP contribution in [0.2, 0.25) is 0 Å². The fourth-order valence-corrected chi connectivity index (χ4v) is 3.93. The molecule has 1 aliphatic heterocycles. The third-order valence-electron chi connectivity index (χ3n) is 5.89. The van der Waals surface area contributed by atoms with Crippen molar-refractivity contribution in [3.05, 3.63) is 0 Å². The van der Waals surface area contributed by atoms with Gasteiger partial charge in [0.1, 0.15) is 12.3 Å². The van der Waals surface area contributed by atoms with Crippen LogP contribution >= 0.6 is 0 Å². The Bertz CT molecular complexity index is 504. The van der Waals surface area contributed by atoms with Crippen molar-refractivity contribution in [3.8, 4) is 0 Å². The van der Waals surface area contributed by atoms with Crippen LogP contribution < -0.4 is 5.32 Å². The van der Waals surface area contributed by atoms with Crippen molar-refractivity contribution < 1.29 is 14.3 Å². The number of piperidine rings is 1. The number of likely N-dealkylation sites (tertiary alicyclic amines) is 1. The summed E-state index contributed by atoms with van der Waals surface area (Å²) in [5.74, 6) is -0.113. The molecule has 1 saturated heterocycles. The van der Waals surface area contributed by atoms with Crippen molar-refractivity contribution in [1.82, 2.24) is 15.1 Å². The van der Waals surface area contributed by atoms with Crippen LogP contribution in [-0.4, -0.2) is 66.2 Å². The maximum atomic E-state index is 13.3. The van der Waals surface area contributed by atoms with E-state index < -0.39 is 6.04 Å². The second-order valence-corrected chi connectivity index (χ2v) is 9.08. The number of nitrogens with one attached hydrogen (secondary N) is 1. The van der Waals surface area contributed by atoms with E-state index >= 15 is 0 Å². The third kappa shape index (κ3) is 6.45. The summed E-state index contributed by atoms with van der Waals surface area (Å²) in [5.41, 5.74) is -0.388. The highest BCUT2D eigenvalue weighted by Crippen LogP contribution is 2.25. The lowest BCUT2D eigenvalue weighted by molar-refractivity contribution is -0.151. The molecule has 164 valence electrons. The van der Waals surface area contributed by atoms with Crippen LogP contribution in [0, 0.1) is 5.41 Å². The Morgan fingerprint density at radius 3 is 2.32 bits per heavy atom. The van der Waals surface area contributed by atoms with Gasteiger partial charge in [-0.1, -0.05) is 41.0 Å². The lowest BCUT2D eigenvalue weighted by Crippen LogP contribution is -2.60. The number of rotatable bonds is 9. The molecule has 0 aromatic rings. The highest BCUT2D eigenvalue weighted by atomic mass is 16.5. The molecule has 1 rings (SSSR count). The molecule has 28 heavy (non-hydrogen) atoms. The summed E-state index contributed by atoms with van der Waals surface area (Å²) in [6.07, 6.45) is 4.50. The van der Waals surface area contributed by atoms with Gasteiger partial charge in [-0.15, -0.1) is 0 Å². The number of nitrogens with zero attached hydrogens (tertiary/aromatic N) is 2. The van der Waals surface area contributed by atoms with Gasteiger partial charge in [-0.05, 0) is 51.5 Å². The topological polar surface area (TPSA) is 61.9 Å². The summed E-state index contributed by atoms with van der Waals surface area (Å²) >= 11 is 0. The molecule has 1 aliphatic rings. The van der Waals surface area contributed by atoms with E-state index in [0.29, 0.717) is 19.1 Å². The van der Waals surface area contributed by atoms with Crippen LogP contribution in [0.1, 0.15) is 80.6 Å². The van der Waals surface area contributed by atoms with E-state index in [1.807, 2.05) is 34.6 Å². The number of hydrogen-bond donors (Lipinski definition) is 1. The molecule has 1 N–H and O–H groups in total. The van der Waals surface area contributed by atoms with Crippen LogP contribution in [0.3, 0.4) is 0 Å². The minimum absolute atomic E-state index is 0.0221. The zero-order valence-corrected chi connectivity index (χ0v) is 19.4. The van der Waals surface area contributed by atoms with Crippen molar-refractivity contribution in [2.75, 3.05) is 20.2 Å². The standard InChI is InChI=1S/C22H43N3O3/c1-9-16(4)25-15-13-12-14-17(25)20(26)23-19(22(5,6)7)21(27)24(8)18(10-2)28-11-3/h16-19H,9-15H2,1-8H3,(H,23,26). The Labute approximate surface area is 172 Å². The highest BCUT2D eigenvalue weighted by molar-refractivity contribution is 5.90. The number of likely N-dealkylation sites (N-methyl/N-ethyl adjacent to an activating group) is 1. The van der Waals surface area contributed by atoms with Gasteiger partial charge < -0.3 is 15.0 Å². The lowest BCUT2D eigenvalue weighted by atomic mass is 9.85. The molecular formula is C22H43N3O3. The molecule has 6 nitrogen and oxygen atoms in total. The zero-order valence-electron chi connectivity index (χ0n) is 19.4. The molecular weight excluding hydrogens is 354 g/mol. The summed E-state index contributed by atoms with van der Waals surface area (Å²) in [4.78, 5) is 30.4. The van der Waals surface area contributed by atoms with Crippen LogP contribution in [0.4, 0.5) is 0 Å². The SMILES string of the molecule is CCOC(CC)N(C)C(=O)C(NC(=O)C1CCCCN1C(C)CC)C(C)(C)C.